The van der Waals surface area contributed by atoms with Gasteiger partial charge < -0.3 is 14.4 Å². The van der Waals surface area contributed by atoms with Gasteiger partial charge in [0.05, 0.1) is 13.7 Å². The molecule has 2 aromatic carbocycles. The number of Topliss-reactive ketones (excluding diaryl/α,β-unsaturated/α-hetero) is 1. The van der Waals surface area contributed by atoms with Gasteiger partial charge in [0.2, 0.25) is 5.91 Å². The summed E-state index contributed by atoms with van der Waals surface area (Å²) in [6, 6.07) is 13.1. The number of carbonyl (C=O) groups excluding carboxylic acids is 2. The Morgan fingerprint density at radius 2 is 1.81 bits per heavy atom. The van der Waals surface area contributed by atoms with Crippen LogP contribution in [0.4, 0.5) is 5.69 Å². The van der Waals surface area contributed by atoms with Gasteiger partial charge in [0.15, 0.2) is 5.78 Å². The largest absolute Gasteiger partial charge is 0.497 e. The Morgan fingerprint density at radius 1 is 1.07 bits per heavy atom. The van der Waals surface area contributed by atoms with Crippen LogP contribution in [0.3, 0.4) is 0 Å². The van der Waals surface area contributed by atoms with Gasteiger partial charge in [-0.3, -0.25) is 9.59 Å². The quantitative estimate of drug-likeness (QED) is 0.547. The number of methoxy groups -OCH3 is 1. The molecule has 1 aliphatic rings. The van der Waals surface area contributed by atoms with Gasteiger partial charge in [0, 0.05) is 24.2 Å². The molecule has 1 aliphatic heterocycles. The summed E-state index contributed by atoms with van der Waals surface area (Å²) in [5.41, 5.74) is 2.67. The molecule has 0 saturated carbocycles. The van der Waals surface area contributed by atoms with Crippen molar-refractivity contribution in [1.29, 1.82) is 0 Å². The molecule has 5 nitrogen and oxygen atoms in total. The fourth-order valence-electron chi connectivity index (χ4n) is 3.27. The topological polar surface area (TPSA) is 55.8 Å². The molecule has 5 heteroatoms. The Hall–Kier alpha value is -2.82. The van der Waals surface area contributed by atoms with Crippen molar-refractivity contribution in [2.45, 2.75) is 32.6 Å². The highest BCUT2D eigenvalue weighted by atomic mass is 16.5. The number of ketones is 1. The van der Waals surface area contributed by atoms with E-state index < -0.39 is 0 Å². The minimum atomic E-state index is 0.0173. The van der Waals surface area contributed by atoms with Crippen LogP contribution in [0.25, 0.3) is 0 Å². The number of fused-ring (bicyclic) bond motifs is 1. The van der Waals surface area contributed by atoms with E-state index in [1.165, 1.54) is 0 Å². The third-order valence-electron chi connectivity index (χ3n) is 4.77. The molecule has 2 aromatic rings. The zero-order valence-corrected chi connectivity index (χ0v) is 15.9. The SMILES string of the molecule is COc1ccc(OCCCC(=O)N2CCCc3ccc(C(C)=O)cc32)cc1. The van der Waals surface area contributed by atoms with Crippen LogP contribution in [0.15, 0.2) is 42.5 Å². The van der Waals surface area contributed by atoms with Crippen molar-refractivity contribution >= 4 is 17.4 Å². The standard InChI is InChI=1S/C22H25NO4/c1-16(24)18-8-7-17-5-3-13-23(21(17)15-18)22(25)6-4-14-27-20-11-9-19(26-2)10-12-20/h7-12,15H,3-6,13-14H2,1-2H3. The molecule has 0 bridgehead atoms. The number of nitrogens with zero attached hydrogens (tertiary/aromatic N) is 1. The number of benzene rings is 2. The smallest absolute Gasteiger partial charge is 0.227 e. The number of hydrogen-bond acceptors (Lipinski definition) is 4. The number of aryl methyl sites for hydroxylation is 1. The van der Waals surface area contributed by atoms with Crippen LogP contribution in [0.5, 0.6) is 11.5 Å². The first-order chi connectivity index (χ1) is 13.1. The average Bonchev–Trinajstić information content (AvgIpc) is 2.70. The lowest BCUT2D eigenvalue weighted by Crippen LogP contribution is -2.35. The van der Waals surface area contributed by atoms with Crippen LogP contribution < -0.4 is 14.4 Å². The lowest BCUT2D eigenvalue weighted by molar-refractivity contribution is -0.118. The van der Waals surface area contributed by atoms with Gasteiger partial charge in [0.1, 0.15) is 11.5 Å². The van der Waals surface area contributed by atoms with E-state index in [0.717, 1.165) is 35.6 Å². The Kier molecular flexibility index (Phi) is 6.12. The predicted octanol–water partition coefficient (Wildman–Crippen LogP) is 4.04. The summed E-state index contributed by atoms with van der Waals surface area (Å²) < 4.78 is 10.8. The van der Waals surface area contributed by atoms with Crippen molar-refractivity contribution in [3.63, 3.8) is 0 Å². The Bertz CT molecular complexity index is 814. The molecule has 0 N–H and O–H groups in total. The van der Waals surface area contributed by atoms with Gasteiger partial charge >= 0.3 is 0 Å². The highest BCUT2D eigenvalue weighted by molar-refractivity contribution is 5.99. The first-order valence-electron chi connectivity index (χ1n) is 9.29. The zero-order valence-electron chi connectivity index (χ0n) is 15.9. The molecule has 0 fully saturated rings. The lowest BCUT2D eigenvalue weighted by Gasteiger charge is -2.30. The number of ether oxygens (including phenoxy) is 2. The number of hydrogen-bond donors (Lipinski definition) is 0. The lowest BCUT2D eigenvalue weighted by atomic mass is 9.98. The summed E-state index contributed by atoms with van der Waals surface area (Å²) in [6.07, 6.45) is 2.95. The van der Waals surface area contributed by atoms with Gasteiger partial charge in [-0.05, 0) is 62.1 Å². The molecule has 3 rings (SSSR count). The average molecular weight is 367 g/mol. The van der Waals surface area contributed by atoms with Crippen molar-refractivity contribution in [3.8, 4) is 11.5 Å². The van der Waals surface area contributed by atoms with Crippen molar-refractivity contribution in [2.75, 3.05) is 25.2 Å². The summed E-state index contributed by atoms with van der Waals surface area (Å²) in [4.78, 5) is 26.2. The molecule has 0 radical (unpaired) electrons. The highest BCUT2D eigenvalue weighted by Gasteiger charge is 2.23. The zero-order chi connectivity index (χ0) is 19.2. The van der Waals surface area contributed by atoms with Crippen LogP contribution in [-0.4, -0.2) is 32.0 Å². The molecular weight excluding hydrogens is 342 g/mol. The van der Waals surface area contributed by atoms with Gasteiger partial charge in [-0.1, -0.05) is 12.1 Å². The van der Waals surface area contributed by atoms with Crippen molar-refractivity contribution in [2.24, 2.45) is 0 Å². The fourth-order valence-corrected chi connectivity index (χ4v) is 3.27. The first-order valence-corrected chi connectivity index (χ1v) is 9.29. The number of rotatable bonds is 7. The molecule has 0 unspecified atom stereocenters. The molecule has 1 amide bonds. The second-order valence-corrected chi connectivity index (χ2v) is 6.68. The maximum absolute atomic E-state index is 12.7. The minimum absolute atomic E-state index is 0.0173. The van der Waals surface area contributed by atoms with Crippen molar-refractivity contribution in [1.82, 2.24) is 0 Å². The van der Waals surface area contributed by atoms with E-state index in [-0.39, 0.29) is 11.7 Å². The van der Waals surface area contributed by atoms with Crippen LogP contribution in [0.2, 0.25) is 0 Å². The van der Waals surface area contributed by atoms with E-state index in [1.807, 2.05) is 47.4 Å². The number of amides is 1. The van der Waals surface area contributed by atoms with Crippen LogP contribution >= 0.6 is 0 Å². The molecule has 0 aromatic heterocycles. The summed E-state index contributed by atoms with van der Waals surface area (Å²) in [5.74, 6) is 1.64. The number of carbonyl (C=O) groups is 2. The van der Waals surface area contributed by atoms with Crippen molar-refractivity contribution in [3.05, 3.63) is 53.6 Å². The van der Waals surface area contributed by atoms with Crippen LogP contribution in [0, 0.1) is 0 Å². The van der Waals surface area contributed by atoms with Crippen LogP contribution in [0.1, 0.15) is 42.1 Å². The van der Waals surface area contributed by atoms with E-state index in [4.69, 9.17) is 9.47 Å². The first kappa shape index (κ1) is 19.0. The van der Waals surface area contributed by atoms with E-state index in [2.05, 4.69) is 0 Å². The van der Waals surface area contributed by atoms with E-state index in [9.17, 15) is 9.59 Å². The van der Waals surface area contributed by atoms with Crippen LogP contribution in [-0.2, 0) is 11.2 Å². The normalized spacial score (nSPS) is 13.0. The molecule has 0 spiro atoms. The van der Waals surface area contributed by atoms with Gasteiger partial charge in [-0.2, -0.15) is 0 Å². The third-order valence-corrected chi connectivity index (χ3v) is 4.77. The minimum Gasteiger partial charge on any atom is -0.497 e. The monoisotopic (exact) mass is 367 g/mol. The molecule has 0 saturated heterocycles. The highest BCUT2D eigenvalue weighted by Crippen LogP contribution is 2.29. The molecule has 142 valence electrons. The Morgan fingerprint density at radius 3 is 2.52 bits per heavy atom. The maximum Gasteiger partial charge on any atom is 0.227 e. The summed E-state index contributed by atoms with van der Waals surface area (Å²) >= 11 is 0. The third kappa shape index (κ3) is 4.67. The summed E-state index contributed by atoms with van der Waals surface area (Å²) in [6.45, 7) is 2.73. The molecular formula is C22H25NO4. The Labute approximate surface area is 159 Å². The fraction of sp³-hybridized carbons (Fsp3) is 0.364. The van der Waals surface area contributed by atoms with Gasteiger partial charge in [0.25, 0.3) is 0 Å². The van der Waals surface area contributed by atoms with E-state index >= 15 is 0 Å². The molecule has 27 heavy (non-hydrogen) atoms. The second-order valence-electron chi connectivity index (χ2n) is 6.68. The summed E-state index contributed by atoms with van der Waals surface area (Å²) in [7, 11) is 1.62. The predicted molar refractivity (Wildman–Crippen MR) is 105 cm³/mol. The maximum atomic E-state index is 12.7. The summed E-state index contributed by atoms with van der Waals surface area (Å²) in [5, 5.41) is 0. The van der Waals surface area contributed by atoms with Gasteiger partial charge in [-0.25, -0.2) is 0 Å². The molecule has 0 atom stereocenters. The van der Waals surface area contributed by atoms with E-state index in [0.29, 0.717) is 31.6 Å². The molecule has 0 aliphatic carbocycles. The van der Waals surface area contributed by atoms with E-state index in [1.54, 1.807) is 14.0 Å². The number of anilines is 1. The van der Waals surface area contributed by atoms with Crippen molar-refractivity contribution < 1.29 is 19.1 Å². The van der Waals surface area contributed by atoms with Gasteiger partial charge in [-0.15, -0.1) is 0 Å². The Balaban J connectivity index is 1.55. The second kappa shape index (κ2) is 8.71. The molecule has 1 heterocycles.